The summed E-state index contributed by atoms with van der Waals surface area (Å²) in [5, 5.41) is 9.72. The van der Waals surface area contributed by atoms with Gasteiger partial charge in [-0.1, -0.05) is 17.7 Å². The Morgan fingerprint density at radius 1 is 1.47 bits per heavy atom. The van der Waals surface area contributed by atoms with Gasteiger partial charge in [0.25, 0.3) is 0 Å². The van der Waals surface area contributed by atoms with E-state index < -0.39 is 11.5 Å². The van der Waals surface area contributed by atoms with E-state index >= 15 is 0 Å². The zero-order valence-corrected chi connectivity index (χ0v) is 8.92. The molecule has 1 atom stereocenters. The van der Waals surface area contributed by atoms with Crippen molar-refractivity contribution in [3.05, 3.63) is 34.3 Å². The summed E-state index contributed by atoms with van der Waals surface area (Å²) in [5.41, 5.74) is 6.82. The van der Waals surface area contributed by atoms with Crippen LogP contribution < -0.4 is 5.73 Å². The Morgan fingerprint density at radius 2 is 2.20 bits per heavy atom. The van der Waals surface area contributed by atoms with Gasteiger partial charge in [-0.05, 0) is 36.1 Å². The fraction of sp³-hybridized carbons (Fsp3) is 0.364. The van der Waals surface area contributed by atoms with Crippen LogP contribution in [0.3, 0.4) is 0 Å². The normalized spacial score (nSPS) is 24.7. The van der Waals surface area contributed by atoms with E-state index in [1.807, 2.05) is 12.1 Å². The van der Waals surface area contributed by atoms with Crippen LogP contribution in [0.1, 0.15) is 17.5 Å². The molecule has 0 aliphatic heterocycles. The number of hydrogen-bond acceptors (Lipinski definition) is 2. The zero-order valence-electron chi connectivity index (χ0n) is 8.16. The molecule has 0 bridgehead atoms. The number of carboxylic acid groups (broad SMARTS) is 1. The molecule has 0 amide bonds. The number of halogens is 1. The minimum absolute atomic E-state index is 0.384. The molecule has 1 aliphatic carbocycles. The van der Waals surface area contributed by atoms with Crippen molar-refractivity contribution in [3.8, 4) is 0 Å². The molecule has 1 unspecified atom stereocenters. The first-order chi connectivity index (χ1) is 7.01. The quantitative estimate of drug-likeness (QED) is 0.763. The average Bonchev–Trinajstić information content (AvgIpc) is 2.18. The van der Waals surface area contributed by atoms with E-state index in [-0.39, 0.29) is 0 Å². The van der Waals surface area contributed by atoms with Gasteiger partial charge in [-0.25, -0.2) is 0 Å². The number of carbonyl (C=O) groups is 1. The van der Waals surface area contributed by atoms with E-state index in [2.05, 4.69) is 0 Å². The van der Waals surface area contributed by atoms with Crippen LogP contribution in [0.5, 0.6) is 0 Å². The van der Waals surface area contributed by atoms with Gasteiger partial charge in [0.15, 0.2) is 0 Å². The molecule has 15 heavy (non-hydrogen) atoms. The third-order valence-corrected chi connectivity index (χ3v) is 3.18. The highest BCUT2D eigenvalue weighted by molar-refractivity contribution is 6.30. The van der Waals surface area contributed by atoms with E-state index in [1.165, 1.54) is 0 Å². The van der Waals surface area contributed by atoms with Crippen molar-refractivity contribution in [1.82, 2.24) is 0 Å². The topological polar surface area (TPSA) is 63.3 Å². The molecule has 0 aromatic heterocycles. The number of fused-ring (bicyclic) bond motifs is 1. The molecule has 0 spiro atoms. The maximum atomic E-state index is 11.0. The Morgan fingerprint density at radius 3 is 2.87 bits per heavy atom. The molecule has 0 saturated heterocycles. The van der Waals surface area contributed by atoms with Gasteiger partial charge in [-0.2, -0.15) is 0 Å². The second-order valence-corrected chi connectivity index (χ2v) is 4.49. The Bertz CT molecular complexity index is 419. The first kappa shape index (κ1) is 10.5. The number of aryl methyl sites for hydroxylation is 1. The maximum Gasteiger partial charge on any atom is 0.324 e. The van der Waals surface area contributed by atoms with Crippen molar-refractivity contribution in [2.75, 3.05) is 0 Å². The predicted molar refractivity (Wildman–Crippen MR) is 58.0 cm³/mol. The van der Waals surface area contributed by atoms with Crippen molar-refractivity contribution in [2.45, 2.75) is 24.8 Å². The lowest BCUT2D eigenvalue weighted by atomic mass is 9.79. The highest BCUT2D eigenvalue weighted by atomic mass is 35.5. The van der Waals surface area contributed by atoms with Gasteiger partial charge in [-0.3, -0.25) is 4.79 Å². The summed E-state index contributed by atoms with van der Waals surface area (Å²) in [7, 11) is 0. The molecule has 2 rings (SSSR count). The molecule has 1 aliphatic rings. The van der Waals surface area contributed by atoms with Gasteiger partial charge in [0.2, 0.25) is 0 Å². The Kier molecular flexibility index (Phi) is 2.44. The lowest BCUT2D eigenvalue weighted by molar-refractivity contribution is -0.143. The fourth-order valence-electron chi connectivity index (χ4n) is 1.97. The second kappa shape index (κ2) is 3.51. The highest BCUT2D eigenvalue weighted by Gasteiger charge is 2.37. The second-order valence-electron chi connectivity index (χ2n) is 4.05. The molecule has 0 heterocycles. The lowest BCUT2D eigenvalue weighted by Crippen LogP contribution is -2.52. The Hall–Kier alpha value is -1.06. The lowest BCUT2D eigenvalue weighted by Gasteiger charge is -2.30. The van der Waals surface area contributed by atoms with E-state index in [4.69, 9.17) is 22.4 Å². The minimum Gasteiger partial charge on any atom is -0.480 e. The molecule has 0 radical (unpaired) electrons. The van der Waals surface area contributed by atoms with Crippen LogP contribution >= 0.6 is 11.6 Å². The predicted octanol–water partition coefficient (Wildman–Crippen LogP) is 1.61. The van der Waals surface area contributed by atoms with Gasteiger partial charge < -0.3 is 10.8 Å². The van der Waals surface area contributed by atoms with Crippen LogP contribution in [0.15, 0.2) is 18.2 Å². The zero-order chi connectivity index (χ0) is 11.1. The van der Waals surface area contributed by atoms with E-state index in [0.29, 0.717) is 24.3 Å². The largest absolute Gasteiger partial charge is 0.480 e. The summed E-state index contributed by atoms with van der Waals surface area (Å²) in [6.07, 6.45) is 1.53. The summed E-state index contributed by atoms with van der Waals surface area (Å²) in [6.45, 7) is 0. The smallest absolute Gasteiger partial charge is 0.324 e. The summed E-state index contributed by atoms with van der Waals surface area (Å²) >= 11 is 5.86. The standard InChI is InChI=1S/C11H12ClNO2/c12-9-2-1-8-6-11(13,10(14)15)4-3-7(8)5-9/h1-2,5H,3-4,6,13H2,(H,14,15). The summed E-state index contributed by atoms with van der Waals surface area (Å²) in [5.74, 6) is -0.928. The van der Waals surface area contributed by atoms with E-state index in [9.17, 15) is 4.79 Å². The Balaban J connectivity index is 2.35. The minimum atomic E-state index is -1.11. The monoisotopic (exact) mass is 225 g/mol. The van der Waals surface area contributed by atoms with Crippen molar-refractivity contribution in [3.63, 3.8) is 0 Å². The molecular formula is C11H12ClNO2. The van der Waals surface area contributed by atoms with Crippen molar-refractivity contribution in [2.24, 2.45) is 5.73 Å². The van der Waals surface area contributed by atoms with Crippen LogP contribution in [0.25, 0.3) is 0 Å². The maximum absolute atomic E-state index is 11.0. The number of nitrogens with two attached hydrogens (primary N) is 1. The van der Waals surface area contributed by atoms with Crippen molar-refractivity contribution in [1.29, 1.82) is 0 Å². The van der Waals surface area contributed by atoms with E-state index in [1.54, 1.807) is 6.07 Å². The third kappa shape index (κ3) is 1.85. The molecule has 80 valence electrons. The number of carboxylic acids is 1. The summed E-state index contributed by atoms with van der Waals surface area (Å²) in [6, 6.07) is 5.52. The average molecular weight is 226 g/mol. The number of rotatable bonds is 1. The summed E-state index contributed by atoms with van der Waals surface area (Å²) < 4.78 is 0. The van der Waals surface area contributed by atoms with Crippen LogP contribution in [0.2, 0.25) is 5.02 Å². The van der Waals surface area contributed by atoms with Crippen LogP contribution in [0, 0.1) is 0 Å². The van der Waals surface area contributed by atoms with Crippen LogP contribution in [-0.2, 0) is 17.6 Å². The van der Waals surface area contributed by atoms with Gasteiger partial charge in [-0.15, -0.1) is 0 Å². The molecule has 4 heteroatoms. The molecular weight excluding hydrogens is 214 g/mol. The SMILES string of the molecule is NC1(C(=O)O)CCc2cc(Cl)ccc2C1. The van der Waals surface area contributed by atoms with Gasteiger partial charge in [0, 0.05) is 11.4 Å². The van der Waals surface area contributed by atoms with Crippen molar-refractivity contribution < 1.29 is 9.90 Å². The van der Waals surface area contributed by atoms with Gasteiger partial charge in [0.1, 0.15) is 5.54 Å². The molecule has 3 N–H and O–H groups in total. The molecule has 0 fully saturated rings. The third-order valence-electron chi connectivity index (χ3n) is 2.94. The summed E-state index contributed by atoms with van der Waals surface area (Å²) in [4.78, 5) is 11.0. The number of hydrogen-bond donors (Lipinski definition) is 2. The first-order valence-corrected chi connectivity index (χ1v) is 5.19. The van der Waals surface area contributed by atoms with Gasteiger partial charge in [0.05, 0.1) is 0 Å². The molecule has 1 aromatic rings. The molecule has 0 saturated carbocycles. The molecule has 1 aromatic carbocycles. The van der Waals surface area contributed by atoms with Crippen molar-refractivity contribution >= 4 is 17.6 Å². The highest BCUT2D eigenvalue weighted by Crippen LogP contribution is 2.29. The number of benzene rings is 1. The van der Waals surface area contributed by atoms with E-state index in [0.717, 1.165) is 11.1 Å². The number of aliphatic carboxylic acids is 1. The van der Waals surface area contributed by atoms with Crippen LogP contribution in [-0.4, -0.2) is 16.6 Å². The molecule has 3 nitrogen and oxygen atoms in total. The van der Waals surface area contributed by atoms with Crippen LogP contribution in [0.4, 0.5) is 0 Å². The fourth-order valence-corrected chi connectivity index (χ4v) is 2.16. The Labute approximate surface area is 92.8 Å². The first-order valence-electron chi connectivity index (χ1n) is 4.81. The van der Waals surface area contributed by atoms with Gasteiger partial charge >= 0.3 is 5.97 Å².